The van der Waals surface area contributed by atoms with Gasteiger partial charge in [0, 0.05) is 55.3 Å². The second-order valence-electron chi connectivity index (χ2n) is 11.9. The molecule has 2 aliphatic heterocycles. The van der Waals surface area contributed by atoms with Crippen LogP contribution in [0.15, 0.2) is 95.8 Å². The smallest absolute Gasteiger partial charge is 0.348 e. The molecule has 0 spiro atoms. The minimum atomic E-state index is -4.42. The van der Waals surface area contributed by atoms with Gasteiger partial charge in [-0.2, -0.15) is 18.2 Å². The number of carbonyl (C=O) groups is 1. The van der Waals surface area contributed by atoms with Crippen molar-refractivity contribution in [2.75, 3.05) is 18.0 Å². The van der Waals surface area contributed by atoms with Gasteiger partial charge < -0.3 is 10.2 Å². The molecule has 234 valence electrons. The lowest BCUT2D eigenvalue weighted by Gasteiger charge is -2.34. The SMILES string of the molecule is Cc1nc(N2CC3CC2CN3Cc2ccccc2)nc2c1ccc(=O)n2-c1ccc(C(=O)NCc2ccc(C(F)(F)F)cc2)cc1. The first kappa shape index (κ1) is 29.7. The second kappa shape index (κ2) is 11.7. The van der Waals surface area contributed by atoms with Crippen LogP contribution in [0.1, 0.15) is 39.2 Å². The number of alkyl halides is 3. The van der Waals surface area contributed by atoms with Gasteiger partial charge in [-0.15, -0.1) is 0 Å². The summed E-state index contributed by atoms with van der Waals surface area (Å²) in [4.78, 5) is 40.6. The fourth-order valence-electron chi connectivity index (χ4n) is 6.49. The van der Waals surface area contributed by atoms with E-state index in [0.717, 1.165) is 49.3 Å². The summed E-state index contributed by atoms with van der Waals surface area (Å²) in [6.07, 6.45) is -3.38. The molecular weight excluding hydrogens is 593 g/mol. The molecule has 11 heteroatoms. The lowest BCUT2D eigenvalue weighted by atomic mass is 10.1. The predicted molar refractivity (Wildman–Crippen MR) is 169 cm³/mol. The van der Waals surface area contributed by atoms with Crippen LogP contribution in [0.25, 0.3) is 16.7 Å². The number of piperazine rings is 1. The van der Waals surface area contributed by atoms with Crippen LogP contribution < -0.4 is 15.8 Å². The number of pyridine rings is 1. The average molecular weight is 625 g/mol. The van der Waals surface area contributed by atoms with Crippen LogP contribution in [0.4, 0.5) is 19.1 Å². The molecule has 7 rings (SSSR count). The second-order valence-corrected chi connectivity index (χ2v) is 11.9. The van der Waals surface area contributed by atoms with E-state index in [2.05, 4.69) is 39.4 Å². The highest BCUT2D eigenvalue weighted by Crippen LogP contribution is 2.35. The molecule has 2 bridgehead atoms. The molecule has 5 aromatic rings. The lowest BCUT2D eigenvalue weighted by Crippen LogP contribution is -2.46. The zero-order valence-electron chi connectivity index (χ0n) is 25.0. The standard InChI is InChI=1S/C35H31F3N6O2/c1-22-30-15-16-31(45)44(27-13-9-25(10-14-27)33(46)39-18-23-7-11-26(12-8-23)35(36,37)38)32(30)41-34(40-22)43-21-28-17-29(43)20-42(28)19-24-5-3-2-4-6-24/h2-16,28-29H,17-21H2,1H3,(H,39,46). The first-order valence-corrected chi connectivity index (χ1v) is 15.1. The number of halogens is 3. The molecule has 2 atom stereocenters. The van der Waals surface area contributed by atoms with E-state index in [9.17, 15) is 22.8 Å². The summed E-state index contributed by atoms with van der Waals surface area (Å²) < 4.78 is 40.0. The highest BCUT2D eigenvalue weighted by molar-refractivity contribution is 5.94. The van der Waals surface area contributed by atoms with Crippen LogP contribution >= 0.6 is 0 Å². The molecule has 2 unspecified atom stereocenters. The zero-order chi connectivity index (χ0) is 32.0. The van der Waals surface area contributed by atoms with Gasteiger partial charge in [-0.25, -0.2) is 4.98 Å². The number of carbonyl (C=O) groups excluding carboxylic acids is 1. The van der Waals surface area contributed by atoms with Gasteiger partial charge in [0.2, 0.25) is 5.95 Å². The summed E-state index contributed by atoms with van der Waals surface area (Å²) in [6.45, 7) is 4.64. The van der Waals surface area contributed by atoms with E-state index in [0.29, 0.717) is 34.5 Å². The molecule has 2 saturated heterocycles. The topological polar surface area (TPSA) is 83.4 Å². The number of likely N-dealkylation sites (tertiary alicyclic amines) is 1. The number of amides is 1. The summed E-state index contributed by atoms with van der Waals surface area (Å²) >= 11 is 0. The Labute approximate surface area is 263 Å². The van der Waals surface area contributed by atoms with Gasteiger partial charge in [-0.05, 0) is 66.9 Å². The van der Waals surface area contributed by atoms with Crippen LogP contribution in [0.3, 0.4) is 0 Å². The normalized spacial score (nSPS) is 18.0. The fourth-order valence-corrected chi connectivity index (χ4v) is 6.49. The van der Waals surface area contributed by atoms with E-state index >= 15 is 0 Å². The van der Waals surface area contributed by atoms with Crippen molar-refractivity contribution in [3.05, 3.63) is 129 Å². The third-order valence-electron chi connectivity index (χ3n) is 8.89. The van der Waals surface area contributed by atoms with Crippen molar-refractivity contribution in [2.45, 2.75) is 44.7 Å². The van der Waals surface area contributed by atoms with Gasteiger partial charge >= 0.3 is 6.18 Å². The number of benzene rings is 3. The monoisotopic (exact) mass is 624 g/mol. The molecular formula is C35H31F3N6O2. The van der Waals surface area contributed by atoms with Gasteiger partial charge in [0.15, 0.2) is 5.65 Å². The van der Waals surface area contributed by atoms with Crippen molar-refractivity contribution in [2.24, 2.45) is 0 Å². The Morgan fingerprint density at radius 2 is 1.61 bits per heavy atom. The van der Waals surface area contributed by atoms with Crippen molar-refractivity contribution in [1.82, 2.24) is 24.8 Å². The van der Waals surface area contributed by atoms with Crippen LogP contribution in [-0.4, -0.2) is 50.5 Å². The number of anilines is 1. The first-order valence-electron chi connectivity index (χ1n) is 15.1. The van der Waals surface area contributed by atoms with Gasteiger partial charge in [0.1, 0.15) is 0 Å². The Bertz CT molecular complexity index is 1960. The Balaban J connectivity index is 1.09. The van der Waals surface area contributed by atoms with Gasteiger partial charge in [0.25, 0.3) is 11.5 Å². The van der Waals surface area contributed by atoms with Gasteiger partial charge in [0.05, 0.1) is 16.9 Å². The molecule has 8 nitrogen and oxygen atoms in total. The Hall–Kier alpha value is -5.03. The maximum absolute atomic E-state index is 13.2. The summed E-state index contributed by atoms with van der Waals surface area (Å²) in [5, 5.41) is 3.49. The van der Waals surface area contributed by atoms with Crippen molar-refractivity contribution in [3.8, 4) is 5.69 Å². The van der Waals surface area contributed by atoms with Crippen molar-refractivity contribution in [1.29, 1.82) is 0 Å². The fraction of sp³-hybridized carbons (Fsp3) is 0.257. The number of fused-ring (bicyclic) bond motifs is 3. The van der Waals surface area contributed by atoms with Crippen LogP contribution in [0, 0.1) is 6.92 Å². The Kier molecular flexibility index (Phi) is 7.56. The van der Waals surface area contributed by atoms with Crippen molar-refractivity contribution in [3.63, 3.8) is 0 Å². The third-order valence-corrected chi connectivity index (χ3v) is 8.89. The van der Waals surface area contributed by atoms with Crippen LogP contribution in [0.5, 0.6) is 0 Å². The van der Waals surface area contributed by atoms with Crippen LogP contribution in [0.2, 0.25) is 0 Å². The highest BCUT2D eigenvalue weighted by atomic mass is 19.4. The number of rotatable bonds is 7. The number of aryl methyl sites for hydroxylation is 1. The molecule has 0 aliphatic carbocycles. The van der Waals surface area contributed by atoms with E-state index in [1.54, 1.807) is 30.3 Å². The molecule has 2 fully saturated rings. The Morgan fingerprint density at radius 3 is 2.28 bits per heavy atom. The summed E-state index contributed by atoms with van der Waals surface area (Å²) in [6, 6.07) is 25.6. The summed E-state index contributed by atoms with van der Waals surface area (Å²) in [7, 11) is 0. The maximum atomic E-state index is 13.2. The first-order chi connectivity index (χ1) is 22.1. The number of aromatic nitrogens is 3. The molecule has 1 amide bonds. The zero-order valence-corrected chi connectivity index (χ0v) is 25.0. The molecule has 3 aromatic carbocycles. The molecule has 2 aromatic heterocycles. The minimum absolute atomic E-state index is 0.0723. The molecule has 0 radical (unpaired) electrons. The summed E-state index contributed by atoms with van der Waals surface area (Å²) in [5.41, 5.74) is 3.02. The van der Waals surface area contributed by atoms with Crippen LogP contribution in [-0.2, 0) is 19.3 Å². The molecule has 2 aliphatic rings. The average Bonchev–Trinajstić information content (AvgIpc) is 3.65. The van der Waals surface area contributed by atoms with Gasteiger partial charge in [-0.3, -0.25) is 19.1 Å². The van der Waals surface area contributed by atoms with E-state index in [-0.39, 0.29) is 24.1 Å². The Morgan fingerprint density at radius 1 is 0.870 bits per heavy atom. The predicted octanol–water partition coefficient (Wildman–Crippen LogP) is 5.50. The molecule has 1 N–H and O–H groups in total. The number of nitrogens with one attached hydrogen (secondary N) is 1. The number of hydrogen-bond donors (Lipinski definition) is 1. The minimum Gasteiger partial charge on any atom is -0.348 e. The van der Waals surface area contributed by atoms with E-state index in [1.165, 1.54) is 28.3 Å². The molecule has 4 heterocycles. The number of hydrogen-bond acceptors (Lipinski definition) is 6. The van der Waals surface area contributed by atoms with Gasteiger partial charge in [-0.1, -0.05) is 42.5 Å². The lowest BCUT2D eigenvalue weighted by molar-refractivity contribution is -0.137. The molecule has 0 saturated carbocycles. The quantitative estimate of drug-likeness (QED) is 0.258. The third kappa shape index (κ3) is 5.74. The maximum Gasteiger partial charge on any atom is 0.416 e. The highest BCUT2D eigenvalue weighted by Gasteiger charge is 2.44. The van der Waals surface area contributed by atoms with E-state index in [1.807, 2.05) is 13.0 Å². The van der Waals surface area contributed by atoms with E-state index < -0.39 is 11.7 Å². The van der Waals surface area contributed by atoms with Crippen molar-refractivity contribution >= 4 is 22.9 Å². The number of nitrogens with zero attached hydrogens (tertiary/aromatic N) is 5. The van der Waals surface area contributed by atoms with E-state index in [4.69, 9.17) is 9.97 Å². The molecule has 46 heavy (non-hydrogen) atoms. The summed E-state index contributed by atoms with van der Waals surface area (Å²) in [5.74, 6) is 0.220. The van der Waals surface area contributed by atoms with Crippen molar-refractivity contribution < 1.29 is 18.0 Å². The largest absolute Gasteiger partial charge is 0.416 e.